The highest BCUT2D eigenvalue weighted by Crippen LogP contribution is 2.18. The Kier molecular flexibility index (Phi) is 2.44. The van der Waals surface area contributed by atoms with Crippen LogP contribution in [0.5, 0.6) is 0 Å². The Morgan fingerprint density at radius 3 is 2.73 bits per heavy atom. The van der Waals surface area contributed by atoms with Gasteiger partial charge in [-0.15, -0.1) is 0 Å². The molecule has 0 aromatic rings. The fourth-order valence-electron chi connectivity index (χ4n) is 2.13. The minimum absolute atomic E-state index is 0.860. The Morgan fingerprint density at radius 2 is 2.09 bits per heavy atom. The molecule has 0 spiro atoms. The van der Waals surface area contributed by atoms with Crippen LogP contribution in [0, 0.1) is 6.54 Å². The zero-order chi connectivity index (χ0) is 7.52. The number of piperidine rings is 1. The van der Waals surface area contributed by atoms with Crippen molar-refractivity contribution in [2.24, 2.45) is 0 Å². The second-order valence-electron chi connectivity index (χ2n) is 3.58. The van der Waals surface area contributed by atoms with Gasteiger partial charge >= 0.3 is 0 Å². The van der Waals surface area contributed by atoms with E-state index in [-0.39, 0.29) is 0 Å². The summed E-state index contributed by atoms with van der Waals surface area (Å²) < 4.78 is 0. The molecule has 2 aliphatic rings. The maximum Gasteiger partial charge on any atom is 0.0236 e. The first-order valence-corrected chi connectivity index (χ1v) is 4.76. The van der Waals surface area contributed by atoms with Crippen LogP contribution in [0.25, 0.3) is 0 Å². The van der Waals surface area contributed by atoms with Gasteiger partial charge in [0.1, 0.15) is 0 Å². The second kappa shape index (κ2) is 3.55. The average molecular weight is 153 g/mol. The van der Waals surface area contributed by atoms with Crippen molar-refractivity contribution in [1.29, 1.82) is 0 Å². The molecule has 2 rings (SSSR count). The summed E-state index contributed by atoms with van der Waals surface area (Å²) in [5, 5.41) is 3.29. The van der Waals surface area contributed by atoms with Crippen molar-refractivity contribution in [3.8, 4) is 0 Å². The van der Waals surface area contributed by atoms with E-state index in [1.54, 1.807) is 0 Å². The Hall–Kier alpha value is -0.0800. The first-order chi connectivity index (χ1) is 5.47. The minimum Gasteiger partial charge on any atom is -0.312 e. The summed E-state index contributed by atoms with van der Waals surface area (Å²) >= 11 is 0. The first kappa shape index (κ1) is 7.56. The summed E-state index contributed by atoms with van der Waals surface area (Å²) in [4.78, 5) is 2.65. The number of hydrogen-bond acceptors (Lipinski definition) is 2. The lowest BCUT2D eigenvalue weighted by Gasteiger charge is -2.30. The van der Waals surface area contributed by atoms with Crippen LogP contribution >= 0.6 is 0 Å². The van der Waals surface area contributed by atoms with E-state index in [0.29, 0.717) is 0 Å². The number of rotatable bonds is 1. The monoisotopic (exact) mass is 153 g/mol. The molecule has 2 heterocycles. The van der Waals surface area contributed by atoms with Gasteiger partial charge in [0, 0.05) is 12.6 Å². The molecule has 2 saturated heterocycles. The van der Waals surface area contributed by atoms with Crippen LogP contribution in [-0.2, 0) is 0 Å². The summed E-state index contributed by atoms with van der Waals surface area (Å²) in [5.74, 6) is 0. The van der Waals surface area contributed by atoms with Crippen LogP contribution in [0.4, 0.5) is 0 Å². The van der Waals surface area contributed by atoms with Gasteiger partial charge in [0.2, 0.25) is 0 Å². The summed E-state index contributed by atoms with van der Waals surface area (Å²) in [6.45, 7) is 6.10. The maximum absolute atomic E-state index is 3.29. The number of hydrogen-bond donors (Lipinski definition) is 1. The summed E-state index contributed by atoms with van der Waals surface area (Å²) in [6.07, 6.45) is 5.43. The molecule has 11 heavy (non-hydrogen) atoms. The van der Waals surface area contributed by atoms with Gasteiger partial charge < -0.3 is 10.2 Å². The van der Waals surface area contributed by atoms with Crippen molar-refractivity contribution in [3.05, 3.63) is 6.54 Å². The van der Waals surface area contributed by atoms with E-state index >= 15 is 0 Å². The third-order valence-corrected chi connectivity index (χ3v) is 2.81. The average Bonchev–Trinajstić information content (AvgIpc) is 2.58. The summed E-state index contributed by atoms with van der Waals surface area (Å²) in [6, 6.07) is 0.860. The van der Waals surface area contributed by atoms with Gasteiger partial charge in [-0.25, -0.2) is 0 Å². The highest BCUT2D eigenvalue weighted by atomic mass is 15.2. The molecule has 0 aliphatic carbocycles. The van der Waals surface area contributed by atoms with E-state index in [4.69, 9.17) is 0 Å². The Labute approximate surface area is 69.0 Å². The molecule has 0 aromatic heterocycles. The molecule has 2 heteroatoms. The quantitative estimate of drug-likeness (QED) is 0.604. The van der Waals surface area contributed by atoms with Gasteiger partial charge in [0.15, 0.2) is 0 Å². The van der Waals surface area contributed by atoms with E-state index < -0.39 is 0 Å². The van der Waals surface area contributed by atoms with Crippen LogP contribution in [-0.4, -0.2) is 30.6 Å². The highest BCUT2D eigenvalue weighted by molar-refractivity contribution is 4.85. The highest BCUT2D eigenvalue weighted by Gasteiger charge is 2.22. The van der Waals surface area contributed by atoms with Gasteiger partial charge in [-0.05, 0) is 45.3 Å². The van der Waals surface area contributed by atoms with Gasteiger partial charge in [0.05, 0.1) is 0 Å². The topological polar surface area (TPSA) is 15.3 Å². The lowest BCUT2D eigenvalue weighted by atomic mass is 10.1. The van der Waals surface area contributed by atoms with Crippen molar-refractivity contribution < 1.29 is 0 Å². The maximum atomic E-state index is 3.29. The third-order valence-electron chi connectivity index (χ3n) is 2.81. The lowest BCUT2D eigenvalue weighted by Crippen LogP contribution is -2.39. The van der Waals surface area contributed by atoms with E-state index in [1.165, 1.54) is 45.3 Å². The van der Waals surface area contributed by atoms with Crippen molar-refractivity contribution in [2.45, 2.75) is 31.7 Å². The molecule has 1 N–H and O–H groups in total. The van der Waals surface area contributed by atoms with Gasteiger partial charge in [-0.2, -0.15) is 0 Å². The minimum atomic E-state index is 0.860. The van der Waals surface area contributed by atoms with E-state index in [9.17, 15) is 0 Å². The van der Waals surface area contributed by atoms with Crippen molar-refractivity contribution in [3.63, 3.8) is 0 Å². The Morgan fingerprint density at radius 1 is 1.27 bits per heavy atom. The third kappa shape index (κ3) is 1.74. The molecule has 0 bridgehead atoms. The molecule has 2 nitrogen and oxygen atoms in total. The Bertz CT molecular complexity index is 113. The molecular formula is C9H17N2. The standard InChI is InChI=1S/C9H17N2/c1-2-8-11(7-1)9-3-5-10-6-4-9/h5,9-10H,1-4,6-8H2. The van der Waals surface area contributed by atoms with Gasteiger partial charge in [0.25, 0.3) is 0 Å². The van der Waals surface area contributed by atoms with Crippen molar-refractivity contribution >= 4 is 0 Å². The van der Waals surface area contributed by atoms with E-state index in [2.05, 4.69) is 16.8 Å². The second-order valence-corrected chi connectivity index (χ2v) is 3.58. The fourth-order valence-corrected chi connectivity index (χ4v) is 2.13. The van der Waals surface area contributed by atoms with Crippen LogP contribution in [0.15, 0.2) is 0 Å². The molecule has 1 atom stereocenters. The lowest BCUT2D eigenvalue weighted by molar-refractivity contribution is 0.211. The van der Waals surface area contributed by atoms with Gasteiger partial charge in [-0.1, -0.05) is 0 Å². The number of nitrogens with one attached hydrogen (secondary N) is 1. The summed E-state index contributed by atoms with van der Waals surface area (Å²) in [7, 11) is 0. The molecule has 63 valence electrons. The van der Waals surface area contributed by atoms with Crippen molar-refractivity contribution in [1.82, 2.24) is 10.2 Å². The molecule has 1 unspecified atom stereocenters. The fraction of sp³-hybridized carbons (Fsp3) is 0.889. The molecule has 0 aromatic carbocycles. The molecule has 1 radical (unpaired) electrons. The van der Waals surface area contributed by atoms with Crippen LogP contribution in [0.3, 0.4) is 0 Å². The zero-order valence-corrected chi connectivity index (χ0v) is 7.05. The number of nitrogens with zero attached hydrogens (tertiary/aromatic N) is 1. The van der Waals surface area contributed by atoms with Gasteiger partial charge in [-0.3, -0.25) is 0 Å². The molecule has 2 fully saturated rings. The molecule has 0 saturated carbocycles. The smallest absolute Gasteiger partial charge is 0.0236 e. The first-order valence-electron chi connectivity index (χ1n) is 4.76. The zero-order valence-electron chi connectivity index (χ0n) is 7.05. The Balaban J connectivity index is 1.82. The SMILES string of the molecule is [CH]1CC(N2CCCC2)CCN1. The molecular weight excluding hydrogens is 136 g/mol. The molecule has 2 aliphatic heterocycles. The number of likely N-dealkylation sites (tertiary alicyclic amines) is 1. The normalized spacial score (nSPS) is 29.5. The van der Waals surface area contributed by atoms with E-state index in [1.807, 2.05) is 0 Å². The van der Waals surface area contributed by atoms with Crippen LogP contribution in [0.2, 0.25) is 0 Å². The van der Waals surface area contributed by atoms with E-state index in [0.717, 1.165) is 6.04 Å². The predicted octanol–water partition coefficient (Wildman–Crippen LogP) is 0.996. The van der Waals surface area contributed by atoms with Crippen LogP contribution in [0.1, 0.15) is 25.7 Å². The summed E-state index contributed by atoms with van der Waals surface area (Å²) in [5.41, 5.74) is 0. The predicted molar refractivity (Wildman–Crippen MR) is 46.1 cm³/mol. The van der Waals surface area contributed by atoms with Crippen molar-refractivity contribution in [2.75, 3.05) is 19.6 Å². The molecule has 0 amide bonds. The largest absolute Gasteiger partial charge is 0.312 e. The van der Waals surface area contributed by atoms with Crippen LogP contribution < -0.4 is 5.32 Å².